The van der Waals surface area contributed by atoms with Crippen molar-refractivity contribution in [2.24, 2.45) is 0 Å². The SMILES string of the molecule is O=C(C[S@@](=O)c1ccccc1[N+](=O)[O-])Oc1ccc(Br)cc1. The molecule has 22 heavy (non-hydrogen) atoms. The van der Waals surface area contributed by atoms with Crippen LogP contribution in [-0.4, -0.2) is 20.9 Å². The van der Waals surface area contributed by atoms with Crippen LogP contribution < -0.4 is 4.74 Å². The molecule has 0 amide bonds. The van der Waals surface area contributed by atoms with Gasteiger partial charge >= 0.3 is 5.97 Å². The summed E-state index contributed by atoms with van der Waals surface area (Å²) in [6, 6.07) is 12.2. The van der Waals surface area contributed by atoms with Crippen molar-refractivity contribution in [1.82, 2.24) is 0 Å². The number of para-hydroxylation sites is 1. The first kappa shape index (κ1) is 16.3. The third-order valence-electron chi connectivity index (χ3n) is 2.60. The van der Waals surface area contributed by atoms with E-state index in [0.717, 1.165) is 4.47 Å². The zero-order valence-corrected chi connectivity index (χ0v) is 13.5. The molecule has 0 saturated heterocycles. The van der Waals surface area contributed by atoms with Crippen LogP contribution in [0.4, 0.5) is 5.69 Å². The van der Waals surface area contributed by atoms with E-state index in [-0.39, 0.29) is 10.6 Å². The maximum absolute atomic E-state index is 12.1. The monoisotopic (exact) mass is 383 g/mol. The molecular formula is C14H10BrNO5S. The van der Waals surface area contributed by atoms with Crippen LogP contribution in [0.25, 0.3) is 0 Å². The molecule has 0 bridgehead atoms. The number of hydrogen-bond acceptors (Lipinski definition) is 5. The molecule has 2 aromatic carbocycles. The van der Waals surface area contributed by atoms with Crippen LogP contribution in [0.15, 0.2) is 57.9 Å². The number of rotatable bonds is 5. The molecule has 0 aliphatic rings. The third kappa shape index (κ3) is 4.22. The summed E-state index contributed by atoms with van der Waals surface area (Å²) >= 11 is 3.25. The average molecular weight is 384 g/mol. The number of nitro benzene ring substituents is 1. The first-order chi connectivity index (χ1) is 10.5. The quantitative estimate of drug-likeness (QED) is 0.342. The largest absolute Gasteiger partial charge is 0.426 e. The van der Waals surface area contributed by atoms with Gasteiger partial charge in [0.2, 0.25) is 0 Å². The highest BCUT2D eigenvalue weighted by Gasteiger charge is 2.21. The van der Waals surface area contributed by atoms with E-state index in [4.69, 9.17) is 4.74 Å². The van der Waals surface area contributed by atoms with Crippen LogP contribution in [0, 0.1) is 10.1 Å². The smallest absolute Gasteiger partial charge is 0.324 e. The number of benzene rings is 2. The van der Waals surface area contributed by atoms with Crippen LogP contribution in [0.1, 0.15) is 0 Å². The topological polar surface area (TPSA) is 86.5 Å². The van der Waals surface area contributed by atoms with E-state index in [9.17, 15) is 19.1 Å². The van der Waals surface area contributed by atoms with Crippen LogP contribution >= 0.6 is 15.9 Å². The van der Waals surface area contributed by atoms with Crippen LogP contribution in [0.2, 0.25) is 0 Å². The highest BCUT2D eigenvalue weighted by molar-refractivity contribution is 9.10. The number of ether oxygens (including phenoxy) is 1. The molecule has 0 N–H and O–H groups in total. The van der Waals surface area contributed by atoms with E-state index in [1.165, 1.54) is 24.3 Å². The van der Waals surface area contributed by atoms with E-state index < -0.39 is 27.4 Å². The van der Waals surface area contributed by atoms with Crippen molar-refractivity contribution in [3.8, 4) is 5.75 Å². The summed E-state index contributed by atoms with van der Waals surface area (Å²) in [6.07, 6.45) is 0. The number of carbonyl (C=O) groups excluding carboxylic acids is 1. The first-order valence-corrected chi connectivity index (χ1v) is 8.16. The Kier molecular flexibility index (Phi) is 5.40. The van der Waals surface area contributed by atoms with Gasteiger partial charge in [0, 0.05) is 10.5 Å². The van der Waals surface area contributed by atoms with Crippen molar-refractivity contribution in [3.05, 3.63) is 63.1 Å². The third-order valence-corrected chi connectivity index (χ3v) is 4.46. The van der Waals surface area contributed by atoms with Gasteiger partial charge in [0.1, 0.15) is 16.4 Å². The Morgan fingerprint density at radius 2 is 1.82 bits per heavy atom. The van der Waals surface area contributed by atoms with Crippen molar-refractivity contribution in [2.45, 2.75) is 4.90 Å². The molecule has 1 atom stereocenters. The summed E-state index contributed by atoms with van der Waals surface area (Å²) in [7, 11) is -1.85. The Morgan fingerprint density at radius 3 is 2.45 bits per heavy atom. The Bertz CT molecular complexity index is 732. The molecule has 0 aliphatic heterocycles. The van der Waals surface area contributed by atoms with Crippen molar-refractivity contribution in [1.29, 1.82) is 0 Å². The van der Waals surface area contributed by atoms with Crippen molar-refractivity contribution < 1.29 is 18.7 Å². The number of esters is 1. The molecule has 0 unspecified atom stereocenters. The van der Waals surface area contributed by atoms with Crippen molar-refractivity contribution in [3.63, 3.8) is 0 Å². The summed E-state index contributed by atoms with van der Waals surface area (Å²) in [4.78, 5) is 22.0. The predicted molar refractivity (Wildman–Crippen MR) is 84.1 cm³/mol. The standard InChI is InChI=1S/C14H10BrNO5S/c15-10-5-7-11(8-6-10)21-14(17)9-22(20)13-4-2-1-3-12(13)16(18)19/h1-8H,9H2/t22-/m1/s1. The summed E-state index contributed by atoms with van der Waals surface area (Å²) in [5.41, 5.74) is -0.280. The Morgan fingerprint density at radius 1 is 1.18 bits per heavy atom. The molecule has 6 nitrogen and oxygen atoms in total. The van der Waals surface area contributed by atoms with Gasteiger partial charge in [-0.2, -0.15) is 0 Å². The highest BCUT2D eigenvalue weighted by atomic mass is 79.9. The number of carbonyl (C=O) groups is 1. The minimum Gasteiger partial charge on any atom is -0.426 e. The van der Waals surface area contributed by atoms with Crippen molar-refractivity contribution >= 4 is 38.4 Å². The van der Waals surface area contributed by atoms with Gasteiger partial charge in [-0.25, -0.2) is 0 Å². The lowest BCUT2D eigenvalue weighted by Crippen LogP contribution is -2.17. The number of nitro groups is 1. The average Bonchev–Trinajstić information content (AvgIpc) is 2.49. The second-order valence-electron chi connectivity index (χ2n) is 4.14. The Balaban J connectivity index is 2.07. The van der Waals surface area contributed by atoms with E-state index in [1.807, 2.05) is 0 Å². The van der Waals surface area contributed by atoms with Gasteiger partial charge in [0.25, 0.3) is 5.69 Å². The van der Waals surface area contributed by atoms with E-state index in [1.54, 1.807) is 24.3 Å². The van der Waals surface area contributed by atoms with Gasteiger partial charge in [0.05, 0.1) is 15.7 Å². The summed E-state index contributed by atoms with van der Waals surface area (Å²) in [5, 5.41) is 10.9. The van der Waals surface area contributed by atoms with Gasteiger partial charge in [-0.1, -0.05) is 28.1 Å². The van der Waals surface area contributed by atoms with Gasteiger partial charge < -0.3 is 4.74 Å². The zero-order valence-electron chi connectivity index (χ0n) is 11.1. The lowest BCUT2D eigenvalue weighted by Gasteiger charge is -2.05. The van der Waals surface area contributed by atoms with Gasteiger partial charge in [-0.3, -0.25) is 19.1 Å². The fourth-order valence-electron chi connectivity index (χ4n) is 1.65. The summed E-state index contributed by atoms with van der Waals surface area (Å²) in [5.74, 6) is -0.868. The molecule has 0 spiro atoms. The van der Waals surface area contributed by atoms with E-state index in [0.29, 0.717) is 5.75 Å². The molecule has 8 heteroatoms. The highest BCUT2D eigenvalue weighted by Crippen LogP contribution is 2.22. The number of hydrogen-bond donors (Lipinski definition) is 0. The summed E-state index contributed by atoms with van der Waals surface area (Å²) in [6.45, 7) is 0. The van der Waals surface area contributed by atoms with Crippen LogP contribution in [0.5, 0.6) is 5.75 Å². The molecule has 114 valence electrons. The molecular weight excluding hydrogens is 374 g/mol. The molecule has 0 heterocycles. The Hall–Kier alpha value is -2.06. The minimum atomic E-state index is -1.85. The lowest BCUT2D eigenvalue weighted by molar-refractivity contribution is -0.387. The van der Waals surface area contributed by atoms with Crippen LogP contribution in [-0.2, 0) is 15.6 Å². The molecule has 0 aromatic heterocycles. The molecule has 0 saturated carbocycles. The fraction of sp³-hybridized carbons (Fsp3) is 0.0714. The van der Waals surface area contributed by atoms with Gasteiger partial charge in [-0.05, 0) is 30.3 Å². The summed E-state index contributed by atoms with van der Waals surface area (Å²) < 4.78 is 18.0. The molecule has 2 rings (SSSR count). The van der Waals surface area contributed by atoms with Gasteiger partial charge in [-0.15, -0.1) is 0 Å². The molecule has 0 fully saturated rings. The van der Waals surface area contributed by atoms with Crippen LogP contribution in [0.3, 0.4) is 0 Å². The zero-order chi connectivity index (χ0) is 16.1. The second-order valence-corrected chi connectivity index (χ2v) is 6.48. The molecule has 0 radical (unpaired) electrons. The minimum absolute atomic E-state index is 0.000237. The van der Waals surface area contributed by atoms with Gasteiger partial charge in [0.15, 0.2) is 0 Å². The predicted octanol–water partition coefficient (Wildman–Crippen LogP) is 3.07. The fourth-order valence-corrected chi connectivity index (χ4v) is 2.95. The molecule has 0 aliphatic carbocycles. The lowest BCUT2D eigenvalue weighted by atomic mass is 10.3. The molecule has 2 aromatic rings. The van der Waals surface area contributed by atoms with E-state index in [2.05, 4.69) is 15.9 Å². The number of nitrogens with zero attached hydrogens (tertiary/aromatic N) is 1. The Labute approximate surface area is 136 Å². The maximum Gasteiger partial charge on any atom is 0.324 e. The van der Waals surface area contributed by atoms with E-state index >= 15 is 0 Å². The number of halogens is 1. The van der Waals surface area contributed by atoms with Crippen molar-refractivity contribution in [2.75, 3.05) is 5.75 Å². The maximum atomic E-state index is 12.1. The normalized spacial score (nSPS) is 11.7. The first-order valence-electron chi connectivity index (χ1n) is 6.05. The second kappa shape index (κ2) is 7.28.